The van der Waals surface area contributed by atoms with Gasteiger partial charge >= 0.3 is 0 Å². The molecule has 5 rings (SSSR count). The third-order valence-corrected chi connectivity index (χ3v) is 7.01. The molecule has 1 saturated heterocycles. The van der Waals surface area contributed by atoms with Crippen molar-refractivity contribution in [3.63, 3.8) is 0 Å². The predicted molar refractivity (Wildman–Crippen MR) is 137 cm³/mol. The van der Waals surface area contributed by atoms with Gasteiger partial charge in [0.1, 0.15) is 11.6 Å². The zero-order valence-corrected chi connectivity index (χ0v) is 20.0. The maximum absolute atomic E-state index is 9.30. The van der Waals surface area contributed by atoms with Gasteiger partial charge < -0.3 is 14.7 Å². The number of hydrogen-bond acceptors (Lipinski definition) is 6. The minimum absolute atomic E-state index is 0.0261. The number of benzene rings is 2. The molecular weight excluding hydrogens is 420 g/mol. The Labute approximate surface area is 201 Å². The third-order valence-electron chi connectivity index (χ3n) is 7.01. The van der Waals surface area contributed by atoms with Gasteiger partial charge in [0.05, 0.1) is 30.8 Å². The lowest BCUT2D eigenvalue weighted by Gasteiger charge is -2.41. The van der Waals surface area contributed by atoms with Gasteiger partial charge in [0.2, 0.25) is 0 Å². The Morgan fingerprint density at radius 3 is 2.76 bits per heavy atom. The minimum atomic E-state index is 0.0261. The summed E-state index contributed by atoms with van der Waals surface area (Å²) in [5.74, 6) is 1.91. The van der Waals surface area contributed by atoms with Crippen LogP contribution in [0.3, 0.4) is 0 Å². The molecule has 1 aromatic heterocycles. The smallest absolute Gasteiger partial charge is 0.136 e. The summed E-state index contributed by atoms with van der Waals surface area (Å²) >= 11 is 0. The lowest BCUT2D eigenvalue weighted by Crippen LogP contribution is -2.52. The number of aryl methyl sites for hydroxylation is 2. The number of fused-ring (bicyclic) bond motifs is 2. The van der Waals surface area contributed by atoms with Gasteiger partial charge in [-0.3, -0.25) is 0 Å². The summed E-state index contributed by atoms with van der Waals surface area (Å²) in [5, 5.41) is 11.9. The fourth-order valence-corrected chi connectivity index (χ4v) is 5.28. The number of piperazine rings is 1. The van der Waals surface area contributed by atoms with Crippen LogP contribution in [0.15, 0.2) is 36.4 Å². The molecule has 172 valence electrons. The van der Waals surface area contributed by atoms with E-state index in [0.29, 0.717) is 6.42 Å². The van der Waals surface area contributed by atoms with E-state index in [2.05, 4.69) is 72.2 Å². The molecule has 6 heteroatoms. The Morgan fingerprint density at radius 2 is 1.97 bits per heavy atom. The number of anilines is 2. The van der Waals surface area contributed by atoms with Crippen molar-refractivity contribution >= 4 is 22.3 Å². The molecule has 2 aromatic carbocycles. The molecule has 0 aliphatic carbocycles. The Kier molecular flexibility index (Phi) is 5.99. The van der Waals surface area contributed by atoms with Gasteiger partial charge in [-0.25, -0.2) is 9.97 Å². The van der Waals surface area contributed by atoms with Crippen LogP contribution >= 0.6 is 0 Å². The number of nitriles is 1. The summed E-state index contributed by atoms with van der Waals surface area (Å²) in [4.78, 5) is 16.7. The highest BCUT2D eigenvalue weighted by molar-refractivity contribution is 5.95. The second kappa shape index (κ2) is 9.23. The highest BCUT2D eigenvalue weighted by atomic mass is 15.3. The second-order valence-corrected chi connectivity index (χ2v) is 9.20. The first-order valence-corrected chi connectivity index (χ1v) is 12.1. The maximum atomic E-state index is 9.30. The molecule has 1 fully saturated rings. The zero-order chi connectivity index (χ0) is 23.7. The molecule has 3 heterocycles. The Bertz CT molecular complexity index is 1300. The number of aromatic nitrogens is 2. The quantitative estimate of drug-likeness (QED) is 0.559. The van der Waals surface area contributed by atoms with E-state index in [4.69, 9.17) is 16.4 Å². The molecule has 6 nitrogen and oxygen atoms in total. The van der Waals surface area contributed by atoms with Crippen molar-refractivity contribution in [3.05, 3.63) is 59.0 Å². The summed E-state index contributed by atoms with van der Waals surface area (Å²) in [6, 6.07) is 18.2. The number of terminal acetylenes is 1. The Balaban J connectivity index is 1.50. The van der Waals surface area contributed by atoms with Crippen LogP contribution < -0.4 is 9.80 Å². The van der Waals surface area contributed by atoms with Crippen LogP contribution in [0.5, 0.6) is 0 Å². The largest absolute Gasteiger partial charge is 0.365 e. The van der Waals surface area contributed by atoms with Crippen molar-refractivity contribution in [1.29, 1.82) is 5.26 Å². The second-order valence-electron chi connectivity index (χ2n) is 9.20. The van der Waals surface area contributed by atoms with Crippen molar-refractivity contribution < 1.29 is 0 Å². The number of nitrogens with zero attached hydrogens (tertiary/aromatic N) is 6. The maximum Gasteiger partial charge on any atom is 0.136 e. The van der Waals surface area contributed by atoms with Crippen LogP contribution in [-0.2, 0) is 19.4 Å². The molecule has 0 spiro atoms. The van der Waals surface area contributed by atoms with Gasteiger partial charge in [-0.15, -0.1) is 0 Å². The monoisotopic (exact) mass is 450 g/mol. The van der Waals surface area contributed by atoms with Crippen LogP contribution in [0.1, 0.15) is 36.0 Å². The summed E-state index contributed by atoms with van der Waals surface area (Å²) in [6.45, 7) is 8.24. The highest BCUT2D eigenvalue weighted by Gasteiger charge is 2.30. The highest BCUT2D eigenvalue weighted by Crippen LogP contribution is 2.34. The molecule has 0 N–H and O–H groups in total. The zero-order valence-electron chi connectivity index (χ0n) is 20.0. The lowest BCUT2D eigenvalue weighted by atomic mass is 10.00. The molecule has 0 bridgehead atoms. The summed E-state index contributed by atoms with van der Waals surface area (Å²) in [6.07, 6.45) is 7.81. The molecular formula is C28H30N6. The molecule has 2 aliphatic rings. The molecule has 2 aliphatic heterocycles. The van der Waals surface area contributed by atoms with Crippen LogP contribution in [0.4, 0.5) is 11.5 Å². The van der Waals surface area contributed by atoms with Crippen molar-refractivity contribution in [1.82, 2.24) is 14.9 Å². The standard InChI is InChI=1S/C28H30N6/c1-4-27-30-25-19-33(26-17-20(3)16-21-8-6-7-9-23(21)26)13-11-24(25)28(31-27)34-15-14-32(5-2)22(18-34)10-12-29/h2,6-9,16-17,22H,4,10-11,13-15,18-19H2,1,3H3. The van der Waals surface area contributed by atoms with E-state index in [1.165, 1.54) is 27.6 Å². The van der Waals surface area contributed by atoms with Gasteiger partial charge in [-0.05, 0) is 30.4 Å². The van der Waals surface area contributed by atoms with E-state index in [0.717, 1.165) is 62.9 Å². The van der Waals surface area contributed by atoms with Crippen molar-refractivity contribution in [2.45, 2.75) is 45.7 Å². The molecule has 0 amide bonds. The van der Waals surface area contributed by atoms with E-state index >= 15 is 0 Å². The molecule has 1 unspecified atom stereocenters. The molecule has 0 radical (unpaired) electrons. The van der Waals surface area contributed by atoms with Crippen molar-refractivity contribution in [2.75, 3.05) is 36.0 Å². The van der Waals surface area contributed by atoms with Crippen LogP contribution in [0.25, 0.3) is 10.8 Å². The molecule has 3 aromatic rings. The SMILES string of the molecule is C#CN1CCN(c2nc(CC)nc3c2CCN(c2cc(C)cc4ccccc24)C3)CC1CC#N. The molecule has 34 heavy (non-hydrogen) atoms. The average Bonchev–Trinajstić information content (AvgIpc) is 2.87. The van der Waals surface area contributed by atoms with E-state index in [1.54, 1.807) is 0 Å². The van der Waals surface area contributed by atoms with Gasteiger partial charge in [0, 0.05) is 55.3 Å². The normalized spacial score (nSPS) is 17.9. The van der Waals surface area contributed by atoms with E-state index < -0.39 is 0 Å². The van der Waals surface area contributed by atoms with Crippen molar-refractivity contribution in [2.24, 2.45) is 0 Å². The topological polar surface area (TPSA) is 59.3 Å². The lowest BCUT2D eigenvalue weighted by molar-refractivity contribution is 0.267. The van der Waals surface area contributed by atoms with E-state index in [9.17, 15) is 5.26 Å². The molecule has 0 saturated carbocycles. The van der Waals surface area contributed by atoms with Gasteiger partial charge in [-0.1, -0.05) is 43.7 Å². The van der Waals surface area contributed by atoms with E-state index in [1.807, 2.05) is 4.90 Å². The van der Waals surface area contributed by atoms with E-state index in [-0.39, 0.29) is 6.04 Å². The fraction of sp³-hybridized carbons (Fsp3) is 0.393. The summed E-state index contributed by atoms with van der Waals surface area (Å²) < 4.78 is 0. The average molecular weight is 451 g/mol. The predicted octanol–water partition coefficient (Wildman–Crippen LogP) is 4.06. The summed E-state index contributed by atoms with van der Waals surface area (Å²) in [5.41, 5.74) is 4.91. The van der Waals surface area contributed by atoms with Crippen LogP contribution in [-0.4, -0.2) is 47.1 Å². The number of rotatable bonds is 4. The fourth-order valence-electron chi connectivity index (χ4n) is 5.28. The van der Waals surface area contributed by atoms with Gasteiger partial charge in [0.25, 0.3) is 0 Å². The van der Waals surface area contributed by atoms with Gasteiger partial charge in [-0.2, -0.15) is 5.26 Å². The first kappa shape index (κ1) is 22.0. The summed E-state index contributed by atoms with van der Waals surface area (Å²) in [7, 11) is 0. The van der Waals surface area contributed by atoms with Gasteiger partial charge in [0.15, 0.2) is 0 Å². The van der Waals surface area contributed by atoms with Crippen molar-refractivity contribution in [3.8, 4) is 18.5 Å². The Morgan fingerprint density at radius 1 is 1.12 bits per heavy atom. The van der Waals surface area contributed by atoms with Crippen LogP contribution in [0.2, 0.25) is 0 Å². The molecule has 1 atom stereocenters. The minimum Gasteiger partial charge on any atom is -0.365 e. The first-order chi connectivity index (χ1) is 16.6. The third kappa shape index (κ3) is 4.01. The number of hydrogen-bond donors (Lipinski definition) is 0. The first-order valence-electron chi connectivity index (χ1n) is 12.1. The Hall–Kier alpha value is -3.77. The van der Waals surface area contributed by atoms with Crippen LogP contribution in [0, 0.1) is 30.7 Å².